The number of hydrogen-bond donors (Lipinski definition) is 3. The number of likely N-dealkylation sites (tertiary alicyclic amines) is 1. The quantitative estimate of drug-likeness (QED) is 0.663. The first kappa shape index (κ1) is 15.8. The van der Waals surface area contributed by atoms with E-state index in [-0.39, 0.29) is 18.9 Å². The number of piperidine rings is 1. The van der Waals surface area contributed by atoms with E-state index in [0.717, 1.165) is 5.39 Å². The van der Waals surface area contributed by atoms with Crippen LogP contribution in [-0.2, 0) is 5.60 Å². The van der Waals surface area contributed by atoms with Gasteiger partial charge in [0.25, 0.3) is 5.91 Å². The Balaban J connectivity index is 1.54. The predicted molar refractivity (Wildman–Crippen MR) is 93.0 cm³/mol. The average Bonchev–Trinajstić information content (AvgIpc) is 3.12. The molecule has 2 aromatic heterocycles. The molecule has 0 radical (unpaired) electrons. The standard InChI is InChI=1S/C19H19N3O3/c23-16-12-22(11-9-19(16,25)14-4-2-1-3-5-14)18(24)15-7-6-13-8-10-20-17(13)21-15/h1-8,10,16,23,25H,9,11-12H2,(H,20,21)/t16-,19-/m0/s1. The Labute approximate surface area is 144 Å². The summed E-state index contributed by atoms with van der Waals surface area (Å²) in [4.78, 5) is 21.6. The van der Waals surface area contributed by atoms with E-state index in [9.17, 15) is 15.0 Å². The van der Waals surface area contributed by atoms with Crippen LogP contribution in [-0.4, -0.2) is 50.2 Å². The molecule has 0 bridgehead atoms. The number of rotatable bonds is 2. The van der Waals surface area contributed by atoms with Crippen molar-refractivity contribution in [1.29, 1.82) is 0 Å². The number of nitrogens with zero attached hydrogens (tertiary/aromatic N) is 2. The largest absolute Gasteiger partial charge is 0.388 e. The number of carbonyl (C=O) groups excluding carboxylic acids is 1. The number of nitrogens with one attached hydrogen (secondary N) is 1. The highest BCUT2D eigenvalue weighted by atomic mass is 16.3. The topological polar surface area (TPSA) is 89.5 Å². The van der Waals surface area contributed by atoms with Gasteiger partial charge < -0.3 is 20.1 Å². The predicted octanol–water partition coefficient (Wildman–Crippen LogP) is 1.66. The summed E-state index contributed by atoms with van der Waals surface area (Å²) in [5.41, 5.74) is 0.312. The lowest BCUT2D eigenvalue weighted by Gasteiger charge is -2.42. The van der Waals surface area contributed by atoms with Crippen molar-refractivity contribution in [1.82, 2.24) is 14.9 Å². The minimum atomic E-state index is -1.34. The van der Waals surface area contributed by atoms with Gasteiger partial charge in [0.2, 0.25) is 0 Å². The van der Waals surface area contributed by atoms with Gasteiger partial charge in [-0.05, 0) is 23.8 Å². The van der Waals surface area contributed by atoms with E-state index in [2.05, 4.69) is 9.97 Å². The third-order valence-corrected chi connectivity index (χ3v) is 4.90. The highest BCUT2D eigenvalue weighted by molar-refractivity contribution is 5.94. The Morgan fingerprint density at radius 3 is 2.76 bits per heavy atom. The summed E-state index contributed by atoms with van der Waals surface area (Å²) in [5.74, 6) is -0.245. The zero-order valence-electron chi connectivity index (χ0n) is 13.6. The highest BCUT2D eigenvalue weighted by Crippen LogP contribution is 2.33. The van der Waals surface area contributed by atoms with Gasteiger partial charge in [-0.2, -0.15) is 0 Å². The van der Waals surface area contributed by atoms with Crippen LogP contribution in [0.25, 0.3) is 11.0 Å². The van der Waals surface area contributed by atoms with Crippen LogP contribution in [0.4, 0.5) is 0 Å². The minimum absolute atomic E-state index is 0.0642. The summed E-state index contributed by atoms with van der Waals surface area (Å²) in [5, 5.41) is 22.3. The average molecular weight is 337 g/mol. The molecule has 128 valence electrons. The smallest absolute Gasteiger partial charge is 0.272 e. The van der Waals surface area contributed by atoms with Crippen LogP contribution in [0.5, 0.6) is 0 Å². The van der Waals surface area contributed by atoms with E-state index in [0.29, 0.717) is 23.4 Å². The molecule has 6 nitrogen and oxygen atoms in total. The third kappa shape index (κ3) is 2.69. The van der Waals surface area contributed by atoms with Crippen LogP contribution >= 0.6 is 0 Å². The van der Waals surface area contributed by atoms with E-state index in [1.54, 1.807) is 29.3 Å². The lowest BCUT2D eigenvalue weighted by atomic mass is 9.82. The Bertz CT molecular complexity index is 908. The van der Waals surface area contributed by atoms with Crippen molar-refractivity contribution in [2.24, 2.45) is 0 Å². The molecule has 2 atom stereocenters. The van der Waals surface area contributed by atoms with E-state index >= 15 is 0 Å². The molecule has 25 heavy (non-hydrogen) atoms. The zero-order valence-corrected chi connectivity index (χ0v) is 13.6. The van der Waals surface area contributed by atoms with Gasteiger partial charge in [-0.1, -0.05) is 30.3 Å². The SMILES string of the molecule is O=C(c1ccc2cc[nH]c2n1)N1CC[C@](O)(c2ccccc2)[C@@H](O)C1. The normalized spacial score (nSPS) is 23.8. The number of β-amino-alcohol motifs (C(OH)–C–C–N with tert-alkyl or cyclic N) is 1. The number of H-pyrrole nitrogens is 1. The summed E-state index contributed by atoms with van der Waals surface area (Å²) in [6.07, 6.45) is 0.993. The fourth-order valence-corrected chi connectivity index (χ4v) is 3.38. The number of hydrogen-bond acceptors (Lipinski definition) is 4. The van der Waals surface area contributed by atoms with Crippen LogP contribution in [0.3, 0.4) is 0 Å². The molecule has 1 saturated heterocycles. The monoisotopic (exact) mass is 337 g/mol. The van der Waals surface area contributed by atoms with E-state index in [1.807, 2.05) is 30.3 Å². The molecular formula is C19H19N3O3. The van der Waals surface area contributed by atoms with Crippen LogP contribution in [0, 0.1) is 0 Å². The molecule has 1 fully saturated rings. The third-order valence-electron chi connectivity index (χ3n) is 4.90. The Hall–Kier alpha value is -2.70. The van der Waals surface area contributed by atoms with Crippen LogP contribution < -0.4 is 0 Å². The molecule has 1 amide bonds. The molecule has 6 heteroatoms. The maximum absolute atomic E-state index is 12.7. The summed E-state index contributed by atoms with van der Waals surface area (Å²) >= 11 is 0. The Morgan fingerprint density at radius 2 is 2.00 bits per heavy atom. The number of aliphatic hydroxyl groups is 2. The number of fused-ring (bicyclic) bond motifs is 1. The number of benzene rings is 1. The second kappa shape index (κ2) is 5.98. The van der Waals surface area contributed by atoms with Crippen molar-refractivity contribution in [3.63, 3.8) is 0 Å². The molecule has 0 saturated carbocycles. The van der Waals surface area contributed by atoms with Gasteiger partial charge >= 0.3 is 0 Å². The zero-order chi connectivity index (χ0) is 17.4. The van der Waals surface area contributed by atoms with Crippen molar-refractivity contribution in [3.8, 4) is 0 Å². The molecule has 3 N–H and O–H groups in total. The molecule has 1 aromatic carbocycles. The van der Waals surface area contributed by atoms with Gasteiger partial charge in [0, 0.05) is 24.5 Å². The lowest BCUT2D eigenvalue weighted by Crippen LogP contribution is -2.55. The van der Waals surface area contributed by atoms with Gasteiger partial charge in [0.15, 0.2) is 0 Å². The molecule has 0 spiro atoms. The Morgan fingerprint density at radius 1 is 1.20 bits per heavy atom. The van der Waals surface area contributed by atoms with Crippen LogP contribution in [0.2, 0.25) is 0 Å². The highest BCUT2D eigenvalue weighted by Gasteiger charge is 2.43. The number of aromatic amines is 1. The first-order valence-corrected chi connectivity index (χ1v) is 8.27. The van der Waals surface area contributed by atoms with Gasteiger partial charge in [0.05, 0.1) is 6.54 Å². The maximum atomic E-state index is 12.7. The van der Waals surface area contributed by atoms with Crippen molar-refractivity contribution in [3.05, 3.63) is 66.0 Å². The van der Waals surface area contributed by atoms with Gasteiger partial charge in [-0.15, -0.1) is 0 Å². The number of carbonyl (C=O) groups is 1. The fourth-order valence-electron chi connectivity index (χ4n) is 3.38. The second-order valence-corrected chi connectivity index (χ2v) is 6.42. The van der Waals surface area contributed by atoms with Crippen molar-refractivity contribution >= 4 is 16.9 Å². The fraction of sp³-hybridized carbons (Fsp3) is 0.263. The molecular weight excluding hydrogens is 318 g/mol. The molecule has 1 aliphatic heterocycles. The minimum Gasteiger partial charge on any atom is -0.388 e. The summed E-state index contributed by atoms with van der Waals surface area (Å²) in [7, 11) is 0. The molecule has 1 aliphatic rings. The number of aliphatic hydroxyl groups excluding tert-OH is 1. The van der Waals surface area contributed by atoms with Gasteiger partial charge in [0.1, 0.15) is 23.0 Å². The van der Waals surface area contributed by atoms with E-state index in [1.165, 1.54) is 0 Å². The first-order chi connectivity index (χ1) is 12.1. The molecule has 3 heterocycles. The van der Waals surface area contributed by atoms with E-state index < -0.39 is 11.7 Å². The summed E-state index contributed by atoms with van der Waals surface area (Å²) < 4.78 is 0. The van der Waals surface area contributed by atoms with Crippen LogP contribution in [0.1, 0.15) is 22.5 Å². The lowest BCUT2D eigenvalue weighted by molar-refractivity contribution is -0.118. The summed E-state index contributed by atoms with van der Waals surface area (Å²) in [6.45, 7) is 0.417. The van der Waals surface area contributed by atoms with Crippen LogP contribution in [0.15, 0.2) is 54.7 Å². The second-order valence-electron chi connectivity index (χ2n) is 6.42. The van der Waals surface area contributed by atoms with Gasteiger partial charge in [-0.3, -0.25) is 4.79 Å². The van der Waals surface area contributed by atoms with Crippen molar-refractivity contribution in [2.75, 3.05) is 13.1 Å². The van der Waals surface area contributed by atoms with E-state index in [4.69, 9.17) is 0 Å². The maximum Gasteiger partial charge on any atom is 0.272 e. The van der Waals surface area contributed by atoms with Crippen molar-refractivity contribution < 1.29 is 15.0 Å². The number of aromatic nitrogens is 2. The summed E-state index contributed by atoms with van der Waals surface area (Å²) in [6, 6.07) is 14.5. The Kier molecular flexibility index (Phi) is 3.78. The number of pyridine rings is 1. The molecule has 0 aliphatic carbocycles. The van der Waals surface area contributed by atoms with Gasteiger partial charge in [-0.25, -0.2) is 4.98 Å². The molecule has 0 unspecified atom stereocenters. The van der Waals surface area contributed by atoms with Crippen molar-refractivity contribution in [2.45, 2.75) is 18.1 Å². The molecule has 3 aromatic rings. The number of amides is 1. The molecule has 4 rings (SSSR count). The first-order valence-electron chi connectivity index (χ1n) is 8.27.